The van der Waals surface area contributed by atoms with Crippen LogP contribution >= 0.6 is 0 Å². The van der Waals surface area contributed by atoms with Gasteiger partial charge in [-0.1, -0.05) is 61.9 Å². The quantitative estimate of drug-likeness (QED) is 0.854. The Morgan fingerprint density at radius 3 is 2.38 bits per heavy atom. The number of nitrogens with zero attached hydrogens (tertiary/aromatic N) is 1. The number of carbonyl (C=O) groups excluding carboxylic acids is 2. The highest BCUT2D eigenvalue weighted by atomic mass is 19.1. The zero-order valence-corrected chi connectivity index (χ0v) is 13.5. The van der Waals surface area contributed by atoms with E-state index in [1.54, 1.807) is 18.2 Å². The number of nitrogens with one attached hydrogen (secondary N) is 1. The Morgan fingerprint density at radius 1 is 1.04 bits per heavy atom. The van der Waals surface area contributed by atoms with Crippen molar-refractivity contribution in [2.45, 2.75) is 31.8 Å². The minimum absolute atomic E-state index is 0.0738. The van der Waals surface area contributed by atoms with Gasteiger partial charge in [0.25, 0.3) is 5.91 Å². The summed E-state index contributed by atoms with van der Waals surface area (Å²) in [6, 6.07) is 14.9. The fourth-order valence-electron chi connectivity index (χ4n) is 3.17. The molecule has 5 heteroatoms. The highest BCUT2D eigenvalue weighted by molar-refractivity contribution is 6.07. The smallest absolute Gasteiger partial charge is 0.319 e. The number of halogens is 1. The molecule has 2 aromatic carbocycles. The molecule has 4 nitrogen and oxygen atoms in total. The second-order valence-electron chi connectivity index (χ2n) is 5.93. The fraction of sp³-hybridized carbons (Fsp3) is 0.263. The molecule has 0 aliphatic carbocycles. The van der Waals surface area contributed by atoms with Crippen LogP contribution in [0.3, 0.4) is 0 Å². The predicted octanol–water partition coefficient (Wildman–Crippen LogP) is 3.57. The van der Waals surface area contributed by atoms with Gasteiger partial charge in [-0.2, -0.15) is 0 Å². The normalized spacial score (nSPS) is 20.3. The minimum atomic E-state index is -1.07. The van der Waals surface area contributed by atoms with E-state index in [-0.39, 0.29) is 12.5 Å². The Bertz CT molecular complexity index is 763. The molecular formula is C19H19FN2O2. The summed E-state index contributed by atoms with van der Waals surface area (Å²) in [5, 5.41) is 2.84. The van der Waals surface area contributed by atoms with E-state index < -0.39 is 17.4 Å². The molecule has 0 spiro atoms. The fourth-order valence-corrected chi connectivity index (χ4v) is 3.17. The maximum atomic E-state index is 13.9. The first kappa shape index (κ1) is 16.2. The summed E-state index contributed by atoms with van der Waals surface area (Å²) in [7, 11) is 0. The molecule has 3 rings (SSSR count). The van der Waals surface area contributed by atoms with Crippen LogP contribution in [-0.2, 0) is 16.9 Å². The Morgan fingerprint density at radius 2 is 1.71 bits per heavy atom. The number of hydrogen-bond donors (Lipinski definition) is 1. The van der Waals surface area contributed by atoms with Crippen molar-refractivity contribution in [2.24, 2.45) is 0 Å². The third-order valence-electron chi connectivity index (χ3n) is 4.35. The number of hydrogen-bond acceptors (Lipinski definition) is 2. The second kappa shape index (κ2) is 6.43. The predicted molar refractivity (Wildman–Crippen MR) is 88.5 cm³/mol. The summed E-state index contributed by atoms with van der Waals surface area (Å²) in [4.78, 5) is 26.6. The topological polar surface area (TPSA) is 49.4 Å². The number of rotatable bonds is 5. The van der Waals surface area contributed by atoms with E-state index in [2.05, 4.69) is 5.32 Å². The number of benzene rings is 2. The molecule has 0 radical (unpaired) electrons. The molecule has 0 aromatic heterocycles. The number of imide groups is 1. The van der Waals surface area contributed by atoms with Gasteiger partial charge >= 0.3 is 6.03 Å². The van der Waals surface area contributed by atoms with E-state index in [9.17, 15) is 14.0 Å². The van der Waals surface area contributed by atoms with Crippen LogP contribution in [0.5, 0.6) is 0 Å². The first-order chi connectivity index (χ1) is 11.6. The lowest BCUT2D eigenvalue weighted by Crippen LogP contribution is -2.43. The maximum absolute atomic E-state index is 13.9. The van der Waals surface area contributed by atoms with Crippen LogP contribution in [0.1, 0.15) is 30.9 Å². The van der Waals surface area contributed by atoms with Gasteiger partial charge in [0.2, 0.25) is 0 Å². The third-order valence-corrected chi connectivity index (χ3v) is 4.35. The molecule has 1 fully saturated rings. The molecule has 1 saturated heterocycles. The van der Waals surface area contributed by atoms with E-state index in [1.165, 1.54) is 6.07 Å². The van der Waals surface area contributed by atoms with Crippen LogP contribution in [0.2, 0.25) is 0 Å². The molecule has 0 unspecified atom stereocenters. The van der Waals surface area contributed by atoms with Gasteiger partial charge in [0.05, 0.1) is 6.54 Å². The van der Waals surface area contributed by atoms with Gasteiger partial charge < -0.3 is 5.32 Å². The van der Waals surface area contributed by atoms with E-state index in [0.717, 1.165) is 16.9 Å². The molecule has 1 aliphatic heterocycles. The van der Waals surface area contributed by atoms with Crippen LogP contribution in [0.25, 0.3) is 0 Å². The van der Waals surface area contributed by atoms with Gasteiger partial charge in [0, 0.05) is 5.56 Å². The minimum Gasteiger partial charge on any atom is -0.319 e. The molecule has 3 amide bonds. The number of amides is 3. The van der Waals surface area contributed by atoms with Crippen LogP contribution in [0, 0.1) is 5.82 Å². The second-order valence-corrected chi connectivity index (χ2v) is 5.93. The average molecular weight is 326 g/mol. The zero-order chi connectivity index (χ0) is 17.2. The standard InChI is InChI=1S/C19H19FN2O2/c1-2-12-19(15-9-4-3-5-10-15)17(23)22(18(24)21-19)13-14-8-6-7-11-16(14)20/h3-11H,2,12-13H2,1H3,(H,21,24)/t19-/m1/s1. The average Bonchev–Trinajstić information content (AvgIpc) is 2.83. The lowest BCUT2D eigenvalue weighted by Gasteiger charge is -2.27. The molecule has 0 saturated carbocycles. The van der Waals surface area contributed by atoms with Gasteiger partial charge in [-0.25, -0.2) is 9.18 Å². The Hall–Kier alpha value is -2.69. The maximum Gasteiger partial charge on any atom is 0.325 e. The summed E-state index contributed by atoms with van der Waals surface area (Å²) in [6.07, 6.45) is 1.23. The number of urea groups is 1. The lowest BCUT2D eigenvalue weighted by atomic mass is 9.85. The highest BCUT2D eigenvalue weighted by Gasteiger charge is 2.51. The van der Waals surface area contributed by atoms with Gasteiger partial charge in [0.15, 0.2) is 0 Å². The molecule has 1 N–H and O–H groups in total. The first-order valence-corrected chi connectivity index (χ1v) is 8.01. The van der Waals surface area contributed by atoms with E-state index in [1.807, 2.05) is 37.3 Å². The van der Waals surface area contributed by atoms with Crippen molar-refractivity contribution in [1.82, 2.24) is 10.2 Å². The lowest BCUT2D eigenvalue weighted by molar-refractivity contribution is -0.132. The van der Waals surface area contributed by atoms with E-state index >= 15 is 0 Å². The first-order valence-electron chi connectivity index (χ1n) is 8.01. The molecule has 0 bridgehead atoms. The van der Waals surface area contributed by atoms with Crippen LogP contribution in [-0.4, -0.2) is 16.8 Å². The summed E-state index contributed by atoms with van der Waals surface area (Å²) in [5.41, 5.74) is 0.000765. The zero-order valence-electron chi connectivity index (χ0n) is 13.5. The van der Waals surface area contributed by atoms with Gasteiger partial charge in [0.1, 0.15) is 11.4 Å². The van der Waals surface area contributed by atoms with Gasteiger partial charge in [-0.05, 0) is 18.1 Å². The molecule has 2 aromatic rings. The summed E-state index contributed by atoms with van der Waals surface area (Å²) in [6.45, 7) is 1.89. The molecule has 1 heterocycles. The summed E-state index contributed by atoms with van der Waals surface area (Å²) >= 11 is 0. The van der Waals surface area contributed by atoms with Crippen molar-refractivity contribution < 1.29 is 14.0 Å². The molecule has 1 atom stereocenters. The van der Waals surface area contributed by atoms with Crippen molar-refractivity contribution in [3.63, 3.8) is 0 Å². The summed E-state index contributed by atoms with van der Waals surface area (Å²) < 4.78 is 13.9. The van der Waals surface area contributed by atoms with Gasteiger partial charge in [-0.15, -0.1) is 0 Å². The monoisotopic (exact) mass is 326 g/mol. The molecule has 124 valence electrons. The van der Waals surface area contributed by atoms with Crippen LogP contribution in [0.15, 0.2) is 54.6 Å². The Kier molecular flexibility index (Phi) is 4.34. The Balaban J connectivity index is 1.96. The van der Waals surface area contributed by atoms with Crippen LogP contribution in [0.4, 0.5) is 9.18 Å². The third kappa shape index (κ3) is 2.66. The highest BCUT2D eigenvalue weighted by Crippen LogP contribution is 2.34. The van der Waals surface area contributed by atoms with Crippen molar-refractivity contribution in [2.75, 3.05) is 0 Å². The SMILES string of the molecule is CCC[C@]1(c2ccccc2)NC(=O)N(Cc2ccccc2F)C1=O. The Labute approximate surface area is 140 Å². The molecule has 1 aliphatic rings. The van der Waals surface area contributed by atoms with Crippen molar-refractivity contribution in [3.05, 3.63) is 71.5 Å². The molecular weight excluding hydrogens is 307 g/mol. The number of carbonyl (C=O) groups is 2. The largest absolute Gasteiger partial charge is 0.325 e. The molecule has 24 heavy (non-hydrogen) atoms. The van der Waals surface area contributed by atoms with Crippen LogP contribution < -0.4 is 5.32 Å². The van der Waals surface area contributed by atoms with E-state index in [0.29, 0.717) is 12.0 Å². The van der Waals surface area contributed by atoms with Crippen molar-refractivity contribution >= 4 is 11.9 Å². The summed E-state index contributed by atoms with van der Waals surface area (Å²) in [5.74, 6) is -0.755. The van der Waals surface area contributed by atoms with Crippen molar-refractivity contribution in [3.8, 4) is 0 Å². The van der Waals surface area contributed by atoms with E-state index in [4.69, 9.17) is 0 Å². The van der Waals surface area contributed by atoms with Crippen molar-refractivity contribution in [1.29, 1.82) is 0 Å². The van der Waals surface area contributed by atoms with Gasteiger partial charge in [-0.3, -0.25) is 9.69 Å².